The first-order valence-electron chi connectivity index (χ1n) is 6.05. The summed E-state index contributed by atoms with van der Waals surface area (Å²) >= 11 is 0. The van der Waals surface area contributed by atoms with Crippen LogP contribution in [0.1, 0.15) is 25.3 Å². The zero-order valence-corrected chi connectivity index (χ0v) is 10.1. The minimum atomic E-state index is -4.31. The van der Waals surface area contributed by atoms with E-state index in [2.05, 4.69) is 5.32 Å². The minimum absolute atomic E-state index is 0.223. The van der Waals surface area contributed by atoms with Gasteiger partial charge in [0, 0.05) is 11.3 Å². The molecule has 2 nitrogen and oxygen atoms in total. The van der Waals surface area contributed by atoms with Crippen LogP contribution in [0.2, 0.25) is 0 Å². The third-order valence-corrected chi connectivity index (χ3v) is 3.08. The maximum atomic E-state index is 13.0. The maximum absolute atomic E-state index is 13.0. The zero-order chi connectivity index (χ0) is 13.2. The lowest BCUT2D eigenvalue weighted by Gasteiger charge is -2.27. The van der Waals surface area contributed by atoms with Crippen molar-refractivity contribution in [2.24, 2.45) is 0 Å². The first-order valence-corrected chi connectivity index (χ1v) is 6.05. The van der Waals surface area contributed by atoms with Crippen LogP contribution in [0.5, 0.6) is 0 Å². The molecule has 0 spiro atoms. The highest BCUT2D eigenvalue weighted by atomic mass is 19.4. The van der Waals surface area contributed by atoms with Crippen molar-refractivity contribution in [3.63, 3.8) is 0 Å². The third kappa shape index (κ3) is 2.77. The number of halogens is 3. The highest BCUT2D eigenvalue weighted by Crippen LogP contribution is 2.33. The van der Waals surface area contributed by atoms with E-state index in [1.165, 1.54) is 0 Å². The Morgan fingerprint density at radius 1 is 1.33 bits per heavy atom. The average molecular weight is 259 g/mol. The molecule has 1 unspecified atom stereocenters. The van der Waals surface area contributed by atoms with Gasteiger partial charge in [-0.1, -0.05) is 31.5 Å². The Hall–Kier alpha value is -1.23. The Morgan fingerprint density at radius 2 is 2.06 bits per heavy atom. The van der Waals surface area contributed by atoms with Crippen molar-refractivity contribution in [3.05, 3.63) is 29.8 Å². The van der Waals surface area contributed by atoms with Crippen molar-refractivity contribution >= 4 is 5.69 Å². The lowest BCUT2D eigenvalue weighted by molar-refractivity contribution is -0.171. The number of benzene rings is 1. The van der Waals surface area contributed by atoms with Gasteiger partial charge in [0.15, 0.2) is 0 Å². The van der Waals surface area contributed by atoms with Gasteiger partial charge in [0.2, 0.25) is 0 Å². The van der Waals surface area contributed by atoms with Crippen molar-refractivity contribution in [1.82, 2.24) is 0 Å². The predicted octanol–water partition coefficient (Wildman–Crippen LogP) is 3.73. The van der Waals surface area contributed by atoms with Gasteiger partial charge in [-0.2, -0.15) is 13.2 Å². The zero-order valence-electron chi connectivity index (χ0n) is 10.1. The number of fused-ring (bicyclic) bond motifs is 1. The maximum Gasteiger partial charge on any atom is 0.411 e. The molecule has 1 N–H and O–H groups in total. The van der Waals surface area contributed by atoms with Gasteiger partial charge < -0.3 is 10.1 Å². The Morgan fingerprint density at radius 3 is 2.72 bits per heavy atom. The molecule has 0 saturated carbocycles. The van der Waals surface area contributed by atoms with E-state index in [0.717, 1.165) is 5.56 Å². The first kappa shape index (κ1) is 13.2. The largest absolute Gasteiger partial charge is 0.411 e. The molecule has 0 amide bonds. The third-order valence-electron chi connectivity index (χ3n) is 3.08. The second-order valence-electron chi connectivity index (χ2n) is 4.46. The molecule has 18 heavy (non-hydrogen) atoms. The molecule has 0 aromatic heterocycles. The number of para-hydroxylation sites is 1. The molecule has 1 aromatic carbocycles. The first-order chi connectivity index (χ1) is 8.52. The second-order valence-corrected chi connectivity index (χ2v) is 4.46. The van der Waals surface area contributed by atoms with Gasteiger partial charge >= 0.3 is 6.18 Å². The number of ether oxygens (including phenoxy) is 1. The number of anilines is 1. The van der Waals surface area contributed by atoms with Crippen molar-refractivity contribution in [3.8, 4) is 0 Å². The summed E-state index contributed by atoms with van der Waals surface area (Å²) in [6.45, 7) is 2.08. The summed E-state index contributed by atoms with van der Waals surface area (Å²) < 4.78 is 44.6. The summed E-state index contributed by atoms with van der Waals surface area (Å²) in [4.78, 5) is 0. The van der Waals surface area contributed by atoms with Gasteiger partial charge in [-0.05, 0) is 12.5 Å². The number of nitrogens with one attached hydrogen (secondary N) is 1. The fourth-order valence-corrected chi connectivity index (χ4v) is 2.17. The number of rotatable bonds is 2. The van der Waals surface area contributed by atoms with Crippen LogP contribution in [0.15, 0.2) is 24.3 Å². The fourth-order valence-electron chi connectivity index (χ4n) is 2.17. The van der Waals surface area contributed by atoms with E-state index in [-0.39, 0.29) is 6.61 Å². The van der Waals surface area contributed by atoms with Crippen molar-refractivity contribution in [2.75, 3.05) is 5.32 Å². The van der Waals surface area contributed by atoms with E-state index in [9.17, 15) is 13.2 Å². The highest BCUT2D eigenvalue weighted by Gasteiger charge is 2.46. The molecule has 0 bridgehead atoms. The van der Waals surface area contributed by atoms with Crippen LogP contribution in [0.25, 0.3) is 0 Å². The molecule has 5 heteroatoms. The smallest absolute Gasteiger partial charge is 0.372 e. The van der Waals surface area contributed by atoms with Crippen LogP contribution in [0, 0.1) is 0 Å². The molecule has 1 aromatic rings. The number of hydrogen-bond acceptors (Lipinski definition) is 2. The van der Waals surface area contributed by atoms with Gasteiger partial charge in [-0.25, -0.2) is 0 Å². The molecule has 100 valence electrons. The molecule has 0 radical (unpaired) electrons. The molecular weight excluding hydrogens is 243 g/mol. The van der Waals surface area contributed by atoms with Gasteiger partial charge in [0.05, 0.1) is 12.7 Å². The van der Waals surface area contributed by atoms with E-state index in [1.54, 1.807) is 24.3 Å². The number of hydrogen-bond donors (Lipinski definition) is 1. The van der Waals surface area contributed by atoms with Gasteiger partial charge in [-0.3, -0.25) is 0 Å². The molecule has 2 atom stereocenters. The van der Waals surface area contributed by atoms with Crippen LogP contribution in [-0.4, -0.2) is 18.3 Å². The average Bonchev–Trinajstić information content (AvgIpc) is 2.49. The van der Waals surface area contributed by atoms with Crippen LogP contribution < -0.4 is 5.32 Å². The minimum Gasteiger partial charge on any atom is -0.372 e. The Labute approximate surface area is 104 Å². The van der Waals surface area contributed by atoms with E-state index in [4.69, 9.17) is 4.74 Å². The molecule has 2 rings (SSSR count). The molecule has 1 aliphatic heterocycles. The van der Waals surface area contributed by atoms with Crippen molar-refractivity contribution in [1.29, 1.82) is 0 Å². The van der Waals surface area contributed by atoms with E-state index in [1.807, 2.05) is 6.92 Å². The van der Waals surface area contributed by atoms with E-state index >= 15 is 0 Å². The fraction of sp³-hybridized carbons (Fsp3) is 0.538. The summed E-state index contributed by atoms with van der Waals surface area (Å²) in [5, 5.41) is 2.58. The lowest BCUT2D eigenvalue weighted by atomic mass is 10.1. The normalized spacial score (nSPS) is 24.0. The molecule has 0 saturated heterocycles. The van der Waals surface area contributed by atoms with Crippen LogP contribution in [0.4, 0.5) is 18.9 Å². The highest BCUT2D eigenvalue weighted by molar-refractivity contribution is 5.52. The molecular formula is C13H16F3NO. The Bertz CT molecular complexity index is 405. The second kappa shape index (κ2) is 5.18. The molecule has 1 aliphatic rings. The van der Waals surface area contributed by atoms with Crippen LogP contribution >= 0.6 is 0 Å². The molecule has 0 aliphatic carbocycles. The Kier molecular flexibility index (Phi) is 3.80. The van der Waals surface area contributed by atoms with Crippen molar-refractivity contribution < 1.29 is 17.9 Å². The summed E-state index contributed by atoms with van der Waals surface area (Å²) in [7, 11) is 0. The summed E-state index contributed by atoms with van der Waals surface area (Å²) in [5.41, 5.74) is 1.28. The van der Waals surface area contributed by atoms with Crippen LogP contribution in [-0.2, 0) is 11.3 Å². The SMILES string of the molecule is CCC[C@@H]1OCc2ccccc2NC1C(F)(F)F. The van der Waals surface area contributed by atoms with Crippen LogP contribution in [0.3, 0.4) is 0 Å². The van der Waals surface area contributed by atoms with Gasteiger partial charge in [-0.15, -0.1) is 0 Å². The Balaban J connectivity index is 2.28. The summed E-state index contributed by atoms with van der Waals surface area (Å²) in [6, 6.07) is 5.32. The quantitative estimate of drug-likeness (QED) is 0.873. The summed E-state index contributed by atoms with van der Waals surface area (Å²) in [6.07, 6.45) is -4.08. The predicted molar refractivity (Wildman–Crippen MR) is 63.4 cm³/mol. The molecule has 1 heterocycles. The number of alkyl halides is 3. The van der Waals surface area contributed by atoms with Gasteiger partial charge in [0.25, 0.3) is 0 Å². The topological polar surface area (TPSA) is 21.3 Å². The van der Waals surface area contributed by atoms with Gasteiger partial charge in [0.1, 0.15) is 6.04 Å². The lowest BCUT2D eigenvalue weighted by Crippen LogP contribution is -2.46. The standard InChI is InChI=1S/C13H16F3NO/c1-2-5-11-12(13(14,15)16)17-10-7-4-3-6-9(10)8-18-11/h3-4,6-7,11-12,17H,2,5,8H2,1H3/t11-,12?/m0/s1. The molecule has 0 fully saturated rings. The van der Waals surface area contributed by atoms with E-state index in [0.29, 0.717) is 18.5 Å². The monoisotopic (exact) mass is 259 g/mol. The van der Waals surface area contributed by atoms with Crippen molar-refractivity contribution in [2.45, 2.75) is 44.7 Å². The van der Waals surface area contributed by atoms with E-state index < -0.39 is 18.3 Å². The summed E-state index contributed by atoms with van der Waals surface area (Å²) in [5.74, 6) is 0.